The van der Waals surface area contributed by atoms with Crippen LogP contribution in [0.3, 0.4) is 0 Å². The van der Waals surface area contributed by atoms with Crippen molar-refractivity contribution in [2.24, 2.45) is 0 Å². The molecule has 0 radical (unpaired) electrons. The van der Waals surface area contributed by atoms with Crippen LogP contribution >= 0.6 is 0 Å². The van der Waals surface area contributed by atoms with Crippen molar-refractivity contribution in [3.05, 3.63) is 65.5 Å². The maximum Gasteiger partial charge on any atom is 0.251 e. The van der Waals surface area contributed by atoms with E-state index >= 15 is 0 Å². The minimum atomic E-state index is -0.500. The molecule has 2 N–H and O–H groups in total. The van der Waals surface area contributed by atoms with Gasteiger partial charge in [0.05, 0.1) is 32.9 Å². The van der Waals surface area contributed by atoms with Gasteiger partial charge in [-0.3, -0.25) is 14.5 Å². The third kappa shape index (κ3) is 6.01. The number of carbonyl (C=O) groups excluding carboxylic acids is 2. The molecule has 8 heteroatoms. The van der Waals surface area contributed by atoms with Crippen LogP contribution in [0.25, 0.3) is 0 Å². The molecular formula is C22H26FN3O4. The number of ether oxygens (including phenoxy) is 2. The maximum absolute atomic E-state index is 13.2. The molecule has 160 valence electrons. The zero-order valence-electron chi connectivity index (χ0n) is 16.9. The summed E-state index contributed by atoms with van der Waals surface area (Å²) in [6.45, 7) is 3.02. The highest BCUT2D eigenvalue weighted by atomic mass is 19.1. The quantitative estimate of drug-likeness (QED) is 0.687. The first kappa shape index (κ1) is 21.7. The fraction of sp³-hybridized carbons (Fsp3) is 0.364. The smallest absolute Gasteiger partial charge is 0.251 e. The van der Waals surface area contributed by atoms with E-state index in [2.05, 4.69) is 15.5 Å². The van der Waals surface area contributed by atoms with Crippen molar-refractivity contribution < 1.29 is 23.5 Å². The first-order valence-corrected chi connectivity index (χ1v) is 9.83. The maximum atomic E-state index is 13.2. The molecule has 1 fully saturated rings. The van der Waals surface area contributed by atoms with Gasteiger partial charge in [-0.15, -0.1) is 0 Å². The van der Waals surface area contributed by atoms with E-state index in [1.165, 1.54) is 18.2 Å². The van der Waals surface area contributed by atoms with Crippen LogP contribution in [-0.4, -0.2) is 63.2 Å². The number of hydrogen-bond donors (Lipinski definition) is 2. The largest absolute Gasteiger partial charge is 0.497 e. The average Bonchev–Trinajstić information content (AvgIpc) is 2.78. The van der Waals surface area contributed by atoms with Gasteiger partial charge in [0, 0.05) is 25.2 Å². The van der Waals surface area contributed by atoms with E-state index < -0.39 is 11.7 Å². The van der Waals surface area contributed by atoms with Crippen molar-refractivity contribution in [1.82, 2.24) is 15.5 Å². The first-order valence-electron chi connectivity index (χ1n) is 9.83. The van der Waals surface area contributed by atoms with E-state index in [0.717, 1.165) is 30.5 Å². The molecule has 2 aromatic rings. The number of amides is 2. The zero-order chi connectivity index (χ0) is 21.3. The van der Waals surface area contributed by atoms with Crippen LogP contribution in [0.1, 0.15) is 22.0 Å². The normalized spacial score (nSPS) is 15.3. The van der Waals surface area contributed by atoms with E-state index in [1.807, 2.05) is 24.3 Å². The number of hydrogen-bond acceptors (Lipinski definition) is 5. The summed E-state index contributed by atoms with van der Waals surface area (Å²) < 4.78 is 23.9. The Balaban J connectivity index is 1.57. The van der Waals surface area contributed by atoms with Crippen molar-refractivity contribution in [2.45, 2.75) is 6.04 Å². The van der Waals surface area contributed by atoms with Gasteiger partial charge in [0.2, 0.25) is 5.91 Å². The average molecular weight is 415 g/mol. The van der Waals surface area contributed by atoms with Crippen LogP contribution in [0.5, 0.6) is 5.75 Å². The van der Waals surface area contributed by atoms with E-state index in [1.54, 1.807) is 7.11 Å². The van der Waals surface area contributed by atoms with E-state index in [-0.39, 0.29) is 24.1 Å². The van der Waals surface area contributed by atoms with Crippen LogP contribution < -0.4 is 15.4 Å². The van der Waals surface area contributed by atoms with Crippen LogP contribution in [-0.2, 0) is 9.53 Å². The Kier molecular flexibility index (Phi) is 7.75. The molecule has 0 aromatic heterocycles. The number of carbonyl (C=O) groups is 2. The summed E-state index contributed by atoms with van der Waals surface area (Å²) in [6, 6.07) is 13.1. The standard InChI is InChI=1S/C22H26FN3O4/c1-29-19-7-5-16(6-8-19)20(26-9-11-30-12-10-26)14-24-21(27)15-25-22(28)17-3-2-4-18(23)13-17/h2-8,13,20H,9-12,14-15H2,1H3,(H,24,27)(H,25,28)/t20-/m1/s1. The molecule has 1 atom stereocenters. The van der Waals surface area contributed by atoms with Gasteiger partial charge in [-0.05, 0) is 35.9 Å². The van der Waals surface area contributed by atoms with Gasteiger partial charge in [0.1, 0.15) is 11.6 Å². The van der Waals surface area contributed by atoms with Gasteiger partial charge in [-0.2, -0.15) is 0 Å². The third-order valence-electron chi connectivity index (χ3n) is 4.98. The predicted octanol–water partition coefficient (Wildman–Crippen LogP) is 1.75. The molecule has 0 spiro atoms. The Bertz CT molecular complexity index is 854. The van der Waals surface area contributed by atoms with E-state index in [0.29, 0.717) is 19.8 Å². The van der Waals surface area contributed by atoms with Gasteiger partial charge in [-0.1, -0.05) is 18.2 Å². The van der Waals surface area contributed by atoms with E-state index in [9.17, 15) is 14.0 Å². The highest BCUT2D eigenvalue weighted by Gasteiger charge is 2.23. The predicted molar refractivity (Wildman–Crippen MR) is 110 cm³/mol. The molecule has 30 heavy (non-hydrogen) atoms. The summed E-state index contributed by atoms with van der Waals surface area (Å²) in [6.07, 6.45) is 0. The van der Waals surface area contributed by atoms with Crippen molar-refractivity contribution in [1.29, 1.82) is 0 Å². The molecule has 0 saturated carbocycles. The molecule has 0 unspecified atom stereocenters. The summed E-state index contributed by atoms with van der Waals surface area (Å²) in [5, 5.41) is 5.40. The Morgan fingerprint density at radius 3 is 2.53 bits per heavy atom. The van der Waals surface area contributed by atoms with Gasteiger partial charge in [-0.25, -0.2) is 4.39 Å². The Morgan fingerprint density at radius 2 is 1.87 bits per heavy atom. The SMILES string of the molecule is COc1ccc([C@@H](CNC(=O)CNC(=O)c2cccc(F)c2)N2CCOCC2)cc1. The molecule has 7 nitrogen and oxygen atoms in total. The number of morpholine rings is 1. The molecule has 3 rings (SSSR count). The lowest BCUT2D eigenvalue weighted by Crippen LogP contribution is -2.45. The van der Waals surface area contributed by atoms with Gasteiger partial charge < -0.3 is 20.1 Å². The van der Waals surface area contributed by atoms with Crippen LogP contribution in [0.15, 0.2) is 48.5 Å². The summed E-state index contributed by atoms with van der Waals surface area (Å²) in [7, 11) is 1.62. The van der Waals surface area contributed by atoms with Crippen molar-refractivity contribution >= 4 is 11.8 Å². The fourth-order valence-electron chi connectivity index (χ4n) is 3.34. The number of methoxy groups -OCH3 is 1. The highest BCUT2D eigenvalue weighted by Crippen LogP contribution is 2.23. The number of nitrogens with zero attached hydrogens (tertiary/aromatic N) is 1. The Labute approximate surface area is 175 Å². The van der Waals surface area contributed by atoms with E-state index in [4.69, 9.17) is 9.47 Å². The van der Waals surface area contributed by atoms with Crippen LogP contribution in [0, 0.1) is 5.82 Å². The van der Waals surface area contributed by atoms with Crippen molar-refractivity contribution in [2.75, 3.05) is 46.5 Å². The molecule has 0 bridgehead atoms. The minimum Gasteiger partial charge on any atom is -0.497 e. The Morgan fingerprint density at radius 1 is 1.13 bits per heavy atom. The second kappa shape index (κ2) is 10.7. The molecular weight excluding hydrogens is 389 g/mol. The highest BCUT2D eigenvalue weighted by molar-refractivity contribution is 5.96. The molecule has 1 aliphatic heterocycles. The zero-order valence-corrected chi connectivity index (χ0v) is 16.9. The number of benzene rings is 2. The lowest BCUT2D eigenvalue weighted by Gasteiger charge is -2.35. The topological polar surface area (TPSA) is 79.9 Å². The first-order chi connectivity index (χ1) is 14.6. The lowest BCUT2D eigenvalue weighted by atomic mass is 10.0. The molecule has 2 amide bonds. The fourth-order valence-corrected chi connectivity index (χ4v) is 3.34. The van der Waals surface area contributed by atoms with Crippen molar-refractivity contribution in [3.8, 4) is 5.75 Å². The van der Waals surface area contributed by atoms with Crippen LogP contribution in [0.2, 0.25) is 0 Å². The van der Waals surface area contributed by atoms with Crippen molar-refractivity contribution in [3.63, 3.8) is 0 Å². The number of rotatable bonds is 8. The summed E-state index contributed by atoms with van der Waals surface area (Å²) in [4.78, 5) is 26.6. The molecule has 1 aliphatic rings. The van der Waals surface area contributed by atoms with Gasteiger partial charge in [0.15, 0.2) is 0 Å². The minimum absolute atomic E-state index is 0.0253. The third-order valence-corrected chi connectivity index (χ3v) is 4.98. The molecule has 0 aliphatic carbocycles. The number of nitrogens with one attached hydrogen (secondary N) is 2. The second-order valence-corrected chi connectivity index (χ2v) is 6.93. The summed E-state index contributed by atoms with van der Waals surface area (Å²) >= 11 is 0. The molecule has 2 aromatic carbocycles. The molecule has 1 saturated heterocycles. The van der Waals surface area contributed by atoms with Gasteiger partial charge >= 0.3 is 0 Å². The Hall–Kier alpha value is -2.97. The lowest BCUT2D eigenvalue weighted by molar-refractivity contribution is -0.120. The second-order valence-electron chi connectivity index (χ2n) is 6.93. The number of halogens is 1. The van der Waals surface area contributed by atoms with Gasteiger partial charge in [0.25, 0.3) is 5.91 Å². The summed E-state index contributed by atoms with van der Waals surface area (Å²) in [5.41, 5.74) is 1.23. The van der Waals surface area contributed by atoms with Crippen LogP contribution in [0.4, 0.5) is 4.39 Å². The monoisotopic (exact) mass is 415 g/mol. The summed E-state index contributed by atoms with van der Waals surface area (Å²) in [5.74, 6) is -0.542. The molecule has 1 heterocycles.